The van der Waals surface area contributed by atoms with E-state index < -0.39 is 55.6 Å². The molecule has 0 bridgehead atoms. The average Bonchev–Trinajstić information content (AvgIpc) is 2.93. The lowest BCUT2D eigenvalue weighted by atomic mass is 9.83. The van der Waals surface area contributed by atoms with Gasteiger partial charge in [-0.15, -0.1) is 0 Å². The summed E-state index contributed by atoms with van der Waals surface area (Å²) in [7, 11) is -4.01. The highest BCUT2D eigenvalue weighted by Crippen LogP contribution is 2.40. The number of imide groups is 1. The predicted octanol–water partition coefficient (Wildman–Crippen LogP) is 2.12. The summed E-state index contributed by atoms with van der Waals surface area (Å²) in [5.74, 6) is -2.13. The normalized spacial score (nSPS) is 20.0. The Hall–Kier alpha value is -2.47. The highest BCUT2D eigenvalue weighted by atomic mass is 79.9. The lowest BCUT2D eigenvalue weighted by Gasteiger charge is -2.30. The number of carbonyl (C=O) groups is 4. The Balaban J connectivity index is 2.07. The molecule has 0 aromatic heterocycles. The summed E-state index contributed by atoms with van der Waals surface area (Å²) in [6.07, 6.45) is -1.15. The van der Waals surface area contributed by atoms with Gasteiger partial charge in [0.1, 0.15) is 11.8 Å². The summed E-state index contributed by atoms with van der Waals surface area (Å²) in [5.41, 5.74) is 0.941. The summed E-state index contributed by atoms with van der Waals surface area (Å²) in [5, 5.41) is 7.69. The first-order valence-corrected chi connectivity index (χ1v) is 12.2. The van der Waals surface area contributed by atoms with Gasteiger partial charge in [0.15, 0.2) is 0 Å². The highest BCUT2D eigenvalue weighted by Gasteiger charge is 2.55. The number of nitrogens with one attached hydrogen (secondary N) is 4. The molecule has 0 radical (unpaired) electrons. The van der Waals surface area contributed by atoms with Gasteiger partial charge in [-0.2, -0.15) is 5.01 Å². The molecule has 5 N–H and O–H groups in total. The van der Waals surface area contributed by atoms with E-state index in [2.05, 4.69) is 41.8 Å². The van der Waals surface area contributed by atoms with E-state index >= 15 is 0 Å². The third kappa shape index (κ3) is 6.28. The van der Waals surface area contributed by atoms with E-state index in [-0.39, 0.29) is 6.61 Å². The van der Waals surface area contributed by atoms with Crippen molar-refractivity contribution in [3.63, 3.8) is 0 Å². The molecule has 0 saturated carbocycles. The van der Waals surface area contributed by atoms with Crippen molar-refractivity contribution in [3.8, 4) is 0 Å². The van der Waals surface area contributed by atoms with Crippen molar-refractivity contribution in [3.05, 3.63) is 28.7 Å². The number of urea groups is 2. The van der Waals surface area contributed by atoms with E-state index in [1.807, 2.05) is 0 Å². The molecule has 12 nitrogen and oxygen atoms in total. The molecule has 14 heteroatoms. The number of amides is 6. The minimum absolute atomic E-state index is 0.0168. The van der Waals surface area contributed by atoms with E-state index in [4.69, 9.17) is 0 Å². The molecule has 1 heterocycles. The van der Waals surface area contributed by atoms with Gasteiger partial charge in [-0.05, 0) is 37.1 Å². The lowest BCUT2D eigenvalue weighted by Crippen LogP contribution is -2.55. The molecule has 1 fully saturated rings. The van der Waals surface area contributed by atoms with Crippen LogP contribution in [0.2, 0.25) is 0 Å². The standard InChI is InChI=1S/C18H25BrN5O7P/c1-4-31-32(29,30)10-20-14(25)9-18(11(2)3)15(26)24(17(28)22-18)23-16(27)21-13-7-5-12(19)6-8-13/h5-8,11H,4,9-10H2,1-3H3,(H,20,25)(H,22,28)(H,29,30)(H2,21,23,27). The van der Waals surface area contributed by atoms with Crippen LogP contribution in [0.1, 0.15) is 27.2 Å². The maximum atomic E-state index is 13.0. The first kappa shape index (κ1) is 25.8. The molecule has 1 saturated heterocycles. The molecular weight excluding hydrogens is 509 g/mol. The third-order valence-corrected chi connectivity index (χ3v) is 6.41. The second kappa shape index (κ2) is 10.4. The van der Waals surface area contributed by atoms with Gasteiger partial charge in [0.25, 0.3) is 5.91 Å². The molecule has 2 atom stereocenters. The fraction of sp³-hybridized carbons (Fsp3) is 0.444. The maximum Gasteiger partial charge on any atom is 0.347 e. The number of anilines is 1. The second-order valence-electron chi connectivity index (χ2n) is 7.26. The Morgan fingerprint density at radius 3 is 2.47 bits per heavy atom. The molecule has 6 amide bonds. The number of hydrogen-bond donors (Lipinski definition) is 5. The molecule has 1 aromatic carbocycles. The molecule has 0 spiro atoms. The lowest BCUT2D eigenvalue weighted by molar-refractivity contribution is -0.137. The van der Waals surface area contributed by atoms with Crippen LogP contribution in [0.3, 0.4) is 0 Å². The fourth-order valence-electron chi connectivity index (χ4n) is 2.95. The number of benzene rings is 1. The van der Waals surface area contributed by atoms with Crippen LogP contribution in [0.15, 0.2) is 28.7 Å². The third-order valence-electron chi connectivity index (χ3n) is 4.67. The molecule has 176 valence electrons. The molecule has 1 aromatic rings. The Morgan fingerprint density at radius 1 is 1.28 bits per heavy atom. The number of halogens is 1. The first-order valence-electron chi connectivity index (χ1n) is 9.63. The summed E-state index contributed by atoms with van der Waals surface area (Å²) >= 11 is 3.27. The van der Waals surface area contributed by atoms with Crippen molar-refractivity contribution in [1.82, 2.24) is 21.1 Å². The van der Waals surface area contributed by atoms with Crippen molar-refractivity contribution in [2.45, 2.75) is 32.7 Å². The van der Waals surface area contributed by atoms with Crippen LogP contribution in [0.25, 0.3) is 0 Å². The average molecular weight is 534 g/mol. The first-order chi connectivity index (χ1) is 14.9. The Labute approximate surface area is 193 Å². The molecule has 1 aliphatic rings. The van der Waals surface area contributed by atoms with E-state index in [1.165, 1.54) is 6.92 Å². The molecule has 1 aliphatic heterocycles. The minimum atomic E-state index is -4.01. The van der Waals surface area contributed by atoms with Crippen molar-refractivity contribution in [2.75, 3.05) is 18.2 Å². The zero-order valence-electron chi connectivity index (χ0n) is 17.7. The Kier molecular flexibility index (Phi) is 8.41. The van der Waals surface area contributed by atoms with Gasteiger partial charge in [0.05, 0.1) is 13.0 Å². The van der Waals surface area contributed by atoms with Gasteiger partial charge < -0.3 is 25.4 Å². The van der Waals surface area contributed by atoms with Gasteiger partial charge >= 0.3 is 19.7 Å². The van der Waals surface area contributed by atoms with Crippen LogP contribution < -0.4 is 21.4 Å². The van der Waals surface area contributed by atoms with Crippen molar-refractivity contribution in [2.24, 2.45) is 5.92 Å². The van der Waals surface area contributed by atoms with Crippen molar-refractivity contribution in [1.29, 1.82) is 0 Å². The number of rotatable bonds is 9. The van der Waals surface area contributed by atoms with Gasteiger partial charge in [0.2, 0.25) is 5.91 Å². The smallest absolute Gasteiger partial charge is 0.344 e. The molecule has 32 heavy (non-hydrogen) atoms. The molecular formula is C18H25BrN5O7P. The van der Waals surface area contributed by atoms with E-state index in [1.54, 1.807) is 38.1 Å². The topological polar surface area (TPSA) is 166 Å². The van der Waals surface area contributed by atoms with Crippen LogP contribution in [-0.4, -0.2) is 52.2 Å². The van der Waals surface area contributed by atoms with E-state index in [0.29, 0.717) is 10.7 Å². The summed E-state index contributed by atoms with van der Waals surface area (Å²) in [6.45, 7) is 4.75. The maximum absolute atomic E-state index is 13.0. The zero-order valence-corrected chi connectivity index (χ0v) is 20.2. The molecule has 0 aliphatic carbocycles. The van der Waals surface area contributed by atoms with Gasteiger partial charge in [-0.25, -0.2) is 15.0 Å². The molecule has 2 unspecified atom stereocenters. The summed E-state index contributed by atoms with van der Waals surface area (Å²) < 4.78 is 17.2. The van der Waals surface area contributed by atoms with Crippen LogP contribution in [0, 0.1) is 5.92 Å². The monoisotopic (exact) mass is 533 g/mol. The van der Waals surface area contributed by atoms with Crippen molar-refractivity contribution < 1.29 is 33.2 Å². The zero-order chi connectivity index (χ0) is 24.1. The van der Waals surface area contributed by atoms with Gasteiger partial charge in [-0.3, -0.25) is 14.2 Å². The van der Waals surface area contributed by atoms with E-state index in [9.17, 15) is 28.6 Å². The SMILES string of the molecule is CCOP(=O)(O)CNC(=O)CC1(C(C)C)NC(=O)N(NC(=O)Nc2ccc(Br)cc2)C1=O. The fourth-order valence-corrected chi connectivity index (χ4v) is 4.09. The quantitative estimate of drug-likeness (QED) is 0.239. The number of carbonyl (C=O) groups excluding carboxylic acids is 4. The van der Waals surface area contributed by atoms with Crippen LogP contribution >= 0.6 is 23.5 Å². The highest BCUT2D eigenvalue weighted by molar-refractivity contribution is 9.10. The van der Waals surface area contributed by atoms with Crippen LogP contribution in [0.4, 0.5) is 15.3 Å². The molecule has 2 rings (SSSR count). The van der Waals surface area contributed by atoms with E-state index in [0.717, 1.165) is 4.47 Å². The second-order valence-corrected chi connectivity index (χ2v) is 10.0. The van der Waals surface area contributed by atoms with Crippen LogP contribution in [-0.2, 0) is 18.7 Å². The number of hydrazine groups is 1. The summed E-state index contributed by atoms with van der Waals surface area (Å²) in [4.78, 5) is 59.7. The van der Waals surface area contributed by atoms with Crippen LogP contribution in [0.5, 0.6) is 0 Å². The largest absolute Gasteiger partial charge is 0.347 e. The minimum Gasteiger partial charge on any atom is -0.344 e. The number of nitrogens with zero attached hydrogens (tertiary/aromatic N) is 1. The Morgan fingerprint density at radius 2 is 1.91 bits per heavy atom. The number of hydrogen-bond acceptors (Lipinski definition) is 6. The Bertz CT molecular complexity index is 942. The predicted molar refractivity (Wildman–Crippen MR) is 118 cm³/mol. The van der Waals surface area contributed by atoms with Gasteiger partial charge in [-0.1, -0.05) is 29.8 Å². The van der Waals surface area contributed by atoms with Crippen molar-refractivity contribution >= 4 is 53.1 Å². The van der Waals surface area contributed by atoms with Gasteiger partial charge in [0, 0.05) is 10.2 Å². The summed E-state index contributed by atoms with van der Waals surface area (Å²) in [6, 6.07) is 4.87.